The number of nitrogens with zero attached hydrogens (tertiary/aromatic N) is 5. The lowest BCUT2D eigenvalue weighted by Gasteiger charge is -2.22. The third-order valence-electron chi connectivity index (χ3n) is 6.00. The van der Waals surface area contributed by atoms with Crippen LogP contribution in [-0.4, -0.2) is 31.9 Å². The summed E-state index contributed by atoms with van der Waals surface area (Å²) in [6, 6.07) is 14.6. The molecule has 1 fully saturated rings. The van der Waals surface area contributed by atoms with Gasteiger partial charge in [0.2, 0.25) is 0 Å². The molecule has 4 aromatic rings. The van der Waals surface area contributed by atoms with E-state index in [0.717, 1.165) is 41.9 Å². The van der Waals surface area contributed by atoms with E-state index in [1.54, 1.807) is 36.5 Å². The van der Waals surface area contributed by atoms with Gasteiger partial charge in [0, 0.05) is 30.4 Å². The number of halogens is 2. The Morgan fingerprint density at radius 2 is 1.82 bits per heavy atom. The first-order valence-electron chi connectivity index (χ1n) is 11.1. The number of ether oxygens (including phenoxy) is 1. The summed E-state index contributed by atoms with van der Waals surface area (Å²) in [5, 5.41) is 4.09. The van der Waals surface area contributed by atoms with Gasteiger partial charge in [0.25, 0.3) is 0 Å². The summed E-state index contributed by atoms with van der Waals surface area (Å²) < 4.78 is 36.2. The van der Waals surface area contributed by atoms with Crippen molar-refractivity contribution in [3.05, 3.63) is 94.8 Å². The number of hydrogen-bond acceptors (Lipinski definition) is 5. The summed E-state index contributed by atoms with van der Waals surface area (Å²) in [6.45, 7) is 2.92. The quantitative estimate of drug-likeness (QED) is 0.420. The minimum atomic E-state index is -0.709. The lowest BCUT2D eigenvalue weighted by molar-refractivity contribution is 0.481. The summed E-state index contributed by atoms with van der Waals surface area (Å²) in [7, 11) is 0. The number of benzene rings is 2. The van der Waals surface area contributed by atoms with Gasteiger partial charge in [-0.25, -0.2) is 18.6 Å². The zero-order chi connectivity index (χ0) is 23.7. The van der Waals surface area contributed by atoms with Gasteiger partial charge in [-0.2, -0.15) is 9.78 Å². The van der Waals surface area contributed by atoms with Crippen molar-refractivity contribution in [1.29, 1.82) is 0 Å². The van der Waals surface area contributed by atoms with Gasteiger partial charge in [-0.05, 0) is 62.2 Å². The molecule has 7 nitrogen and oxygen atoms in total. The number of aromatic nitrogens is 4. The highest BCUT2D eigenvalue weighted by Crippen LogP contribution is 2.28. The van der Waals surface area contributed by atoms with Crippen molar-refractivity contribution in [1.82, 2.24) is 19.3 Å². The zero-order valence-electron chi connectivity index (χ0n) is 18.6. The van der Waals surface area contributed by atoms with Gasteiger partial charge in [-0.1, -0.05) is 6.07 Å². The van der Waals surface area contributed by atoms with Crippen LogP contribution in [0.5, 0.6) is 11.5 Å². The fourth-order valence-corrected chi connectivity index (χ4v) is 4.16. The van der Waals surface area contributed by atoms with Crippen molar-refractivity contribution in [2.24, 2.45) is 0 Å². The van der Waals surface area contributed by atoms with Crippen LogP contribution < -0.4 is 15.3 Å². The first-order chi connectivity index (χ1) is 16.5. The Bertz CT molecular complexity index is 1350. The lowest BCUT2D eigenvalue weighted by atomic mass is 10.2. The van der Waals surface area contributed by atoms with Crippen LogP contribution in [0.3, 0.4) is 0 Å². The van der Waals surface area contributed by atoms with Gasteiger partial charge in [-0.15, -0.1) is 0 Å². The molecule has 34 heavy (non-hydrogen) atoms. The van der Waals surface area contributed by atoms with Crippen LogP contribution in [0.4, 0.5) is 14.6 Å². The Labute approximate surface area is 194 Å². The Morgan fingerprint density at radius 1 is 1.06 bits per heavy atom. The molecular formula is C25H23F2N5O2. The molecule has 9 heteroatoms. The first-order valence-corrected chi connectivity index (χ1v) is 11.1. The maximum atomic E-state index is 13.9. The molecule has 0 unspecified atom stereocenters. The van der Waals surface area contributed by atoms with E-state index in [2.05, 4.69) is 21.9 Å². The van der Waals surface area contributed by atoms with Crippen LogP contribution in [0.15, 0.2) is 71.9 Å². The molecule has 0 radical (unpaired) electrons. The number of rotatable bonds is 6. The molecule has 1 aliphatic heterocycles. The highest BCUT2D eigenvalue weighted by molar-refractivity contribution is 5.47. The maximum Gasteiger partial charge on any atom is 0.350 e. The molecule has 0 aliphatic carbocycles. The van der Waals surface area contributed by atoms with Crippen LogP contribution in [0.25, 0.3) is 5.69 Å². The largest absolute Gasteiger partial charge is 0.457 e. The topological polar surface area (TPSA) is 65.2 Å². The van der Waals surface area contributed by atoms with Gasteiger partial charge in [0.15, 0.2) is 0 Å². The molecule has 5 rings (SSSR count). The van der Waals surface area contributed by atoms with Gasteiger partial charge in [0.1, 0.15) is 35.3 Å². The third-order valence-corrected chi connectivity index (χ3v) is 6.00. The van der Waals surface area contributed by atoms with Crippen molar-refractivity contribution in [3.63, 3.8) is 0 Å². The Balaban J connectivity index is 1.32. The second kappa shape index (κ2) is 9.09. The predicted molar refractivity (Wildman–Crippen MR) is 124 cm³/mol. The molecule has 2 aromatic carbocycles. The molecule has 0 N–H and O–H groups in total. The van der Waals surface area contributed by atoms with E-state index in [9.17, 15) is 13.6 Å². The SMILES string of the molecule is C[C@H]1CCCN1c1cc(Oc2ccc(-n3ncn(Cc4c(F)cccc4F)c3=O)cc2)ccn1. The minimum absolute atomic E-state index is 0.187. The van der Waals surface area contributed by atoms with Crippen molar-refractivity contribution >= 4 is 5.82 Å². The van der Waals surface area contributed by atoms with Crippen LogP contribution in [0.2, 0.25) is 0 Å². The van der Waals surface area contributed by atoms with E-state index in [-0.39, 0.29) is 12.1 Å². The Kier molecular flexibility index (Phi) is 5.83. The number of pyridine rings is 1. The molecular weight excluding hydrogens is 440 g/mol. The highest BCUT2D eigenvalue weighted by Gasteiger charge is 2.21. The van der Waals surface area contributed by atoms with Gasteiger partial charge in [0.05, 0.1) is 12.2 Å². The third kappa shape index (κ3) is 4.28. The zero-order valence-corrected chi connectivity index (χ0v) is 18.6. The van der Waals surface area contributed by atoms with Crippen molar-refractivity contribution in [3.8, 4) is 17.2 Å². The van der Waals surface area contributed by atoms with E-state index in [0.29, 0.717) is 23.2 Å². The molecule has 0 saturated carbocycles. The molecule has 174 valence electrons. The van der Waals surface area contributed by atoms with E-state index in [1.807, 2.05) is 6.07 Å². The van der Waals surface area contributed by atoms with Gasteiger partial charge >= 0.3 is 5.69 Å². The minimum Gasteiger partial charge on any atom is -0.457 e. The van der Waals surface area contributed by atoms with Crippen molar-refractivity contribution in [2.75, 3.05) is 11.4 Å². The second-order valence-corrected chi connectivity index (χ2v) is 8.28. The van der Waals surface area contributed by atoms with Crippen molar-refractivity contribution < 1.29 is 13.5 Å². The molecule has 0 spiro atoms. The molecule has 0 bridgehead atoms. The van der Waals surface area contributed by atoms with E-state index in [1.165, 1.54) is 17.1 Å². The maximum absolute atomic E-state index is 13.9. The summed E-state index contributed by atoms with van der Waals surface area (Å²) in [4.78, 5) is 19.5. The average Bonchev–Trinajstić information content (AvgIpc) is 3.42. The van der Waals surface area contributed by atoms with Crippen molar-refractivity contribution in [2.45, 2.75) is 32.4 Å². The fourth-order valence-electron chi connectivity index (χ4n) is 4.16. The average molecular weight is 463 g/mol. The summed E-state index contributed by atoms with van der Waals surface area (Å²) in [5.41, 5.74) is -0.186. The number of hydrogen-bond donors (Lipinski definition) is 0. The normalized spacial score (nSPS) is 15.6. The first kappa shape index (κ1) is 21.8. The van der Waals surface area contributed by atoms with Gasteiger partial charge in [-0.3, -0.25) is 4.57 Å². The molecule has 3 heterocycles. The van der Waals surface area contributed by atoms with E-state index >= 15 is 0 Å². The monoisotopic (exact) mass is 463 g/mol. The predicted octanol–water partition coefficient (Wildman–Crippen LogP) is 4.54. The van der Waals surface area contributed by atoms with Gasteiger partial charge < -0.3 is 9.64 Å². The Morgan fingerprint density at radius 3 is 2.53 bits per heavy atom. The molecule has 2 aromatic heterocycles. The molecule has 0 amide bonds. The Hall–Kier alpha value is -4.01. The molecule has 1 aliphatic rings. The van der Waals surface area contributed by atoms with E-state index in [4.69, 9.17) is 4.74 Å². The van der Waals surface area contributed by atoms with Crippen LogP contribution in [-0.2, 0) is 6.54 Å². The molecule has 1 saturated heterocycles. The smallest absolute Gasteiger partial charge is 0.350 e. The summed E-state index contributed by atoms with van der Waals surface area (Å²) >= 11 is 0. The highest BCUT2D eigenvalue weighted by atomic mass is 19.1. The number of anilines is 1. The fraction of sp³-hybridized carbons (Fsp3) is 0.240. The standard InChI is InChI=1S/C25H23F2N5O2/c1-17-4-3-13-31(17)24-14-20(11-12-28-24)34-19-9-7-18(8-10-19)32-25(33)30(16-29-32)15-21-22(26)5-2-6-23(21)27/h2,5-12,14,16-17H,3-4,13,15H2,1H3/t17-/m0/s1. The summed E-state index contributed by atoms with van der Waals surface area (Å²) in [5.74, 6) is 0.739. The van der Waals surface area contributed by atoms with Crippen LogP contribution in [0.1, 0.15) is 25.3 Å². The van der Waals surface area contributed by atoms with Crippen LogP contribution in [0, 0.1) is 11.6 Å². The second-order valence-electron chi connectivity index (χ2n) is 8.28. The molecule has 1 atom stereocenters. The lowest BCUT2D eigenvalue weighted by Crippen LogP contribution is -2.26. The summed E-state index contributed by atoms with van der Waals surface area (Å²) in [6.07, 6.45) is 5.30. The van der Waals surface area contributed by atoms with Crippen LogP contribution >= 0.6 is 0 Å². The van der Waals surface area contributed by atoms with E-state index < -0.39 is 17.3 Å².